The molecule has 0 heterocycles. The summed E-state index contributed by atoms with van der Waals surface area (Å²) >= 11 is 0. The van der Waals surface area contributed by atoms with Gasteiger partial charge < -0.3 is 16.0 Å². The van der Waals surface area contributed by atoms with E-state index in [0.717, 1.165) is 12.0 Å². The summed E-state index contributed by atoms with van der Waals surface area (Å²) in [6, 6.07) is 16.7. The first-order valence-corrected chi connectivity index (χ1v) is 9.07. The van der Waals surface area contributed by atoms with Crippen LogP contribution in [0.3, 0.4) is 0 Å². The van der Waals surface area contributed by atoms with Crippen LogP contribution in [0.15, 0.2) is 60.3 Å². The van der Waals surface area contributed by atoms with E-state index >= 15 is 0 Å². The Morgan fingerprint density at radius 2 is 1.82 bits per heavy atom. The summed E-state index contributed by atoms with van der Waals surface area (Å²) in [5.41, 5.74) is 3.43. The summed E-state index contributed by atoms with van der Waals surface area (Å²) in [6.07, 6.45) is 2.31. The number of nitrogens with one attached hydrogen (secondary N) is 3. The quantitative estimate of drug-likeness (QED) is 0.504. The molecule has 1 unspecified atom stereocenters. The van der Waals surface area contributed by atoms with Crippen LogP contribution in [0, 0.1) is 11.3 Å². The molecule has 3 N–H and O–H groups in total. The Kier molecular flexibility index (Phi) is 7.35. The van der Waals surface area contributed by atoms with E-state index in [1.807, 2.05) is 37.3 Å². The third-order valence-electron chi connectivity index (χ3n) is 4.17. The number of nitrogens with zero attached hydrogens (tertiary/aromatic N) is 1. The number of carbonyl (C=O) groups is 2. The van der Waals surface area contributed by atoms with Crippen LogP contribution in [0.1, 0.15) is 37.9 Å². The highest BCUT2D eigenvalue weighted by molar-refractivity contribution is 5.97. The fraction of sp³-hybridized carbons (Fsp3) is 0.227. The zero-order chi connectivity index (χ0) is 20.5. The fourth-order valence-electron chi connectivity index (χ4n) is 2.59. The number of benzene rings is 2. The summed E-state index contributed by atoms with van der Waals surface area (Å²) < 4.78 is 0. The number of anilines is 2. The van der Waals surface area contributed by atoms with Gasteiger partial charge in [-0.1, -0.05) is 37.3 Å². The molecule has 0 saturated carbocycles. The Bertz CT molecular complexity index is 911. The second kappa shape index (κ2) is 9.93. The van der Waals surface area contributed by atoms with E-state index in [1.54, 1.807) is 24.3 Å². The van der Waals surface area contributed by atoms with Gasteiger partial charge >= 0.3 is 0 Å². The number of rotatable bonds is 7. The van der Waals surface area contributed by atoms with Crippen molar-refractivity contribution in [1.82, 2.24) is 5.32 Å². The second-order valence-corrected chi connectivity index (χ2v) is 6.37. The maximum atomic E-state index is 12.4. The molecule has 2 rings (SSSR count). The lowest BCUT2D eigenvalue weighted by atomic mass is 10.0. The zero-order valence-corrected chi connectivity index (χ0v) is 16.2. The average Bonchev–Trinajstić information content (AvgIpc) is 2.68. The van der Waals surface area contributed by atoms with Gasteiger partial charge in [0.25, 0.3) is 5.91 Å². The molecule has 0 aromatic heterocycles. The van der Waals surface area contributed by atoms with Crippen LogP contribution >= 0.6 is 0 Å². The van der Waals surface area contributed by atoms with Gasteiger partial charge in [-0.3, -0.25) is 9.59 Å². The van der Waals surface area contributed by atoms with Crippen LogP contribution in [0.25, 0.3) is 0 Å². The van der Waals surface area contributed by atoms with Crippen LogP contribution < -0.4 is 16.0 Å². The summed E-state index contributed by atoms with van der Waals surface area (Å²) in [6.45, 7) is 5.39. The highest BCUT2D eigenvalue weighted by Crippen LogP contribution is 2.16. The molecule has 28 heavy (non-hydrogen) atoms. The largest absolute Gasteiger partial charge is 0.360 e. The number of hydrogen-bond acceptors (Lipinski definition) is 4. The molecule has 0 spiro atoms. The molecular weight excluding hydrogens is 352 g/mol. The predicted molar refractivity (Wildman–Crippen MR) is 110 cm³/mol. The second-order valence-electron chi connectivity index (χ2n) is 6.37. The lowest BCUT2D eigenvalue weighted by molar-refractivity contribution is -0.117. The molecule has 0 bridgehead atoms. The monoisotopic (exact) mass is 376 g/mol. The van der Waals surface area contributed by atoms with E-state index in [4.69, 9.17) is 0 Å². The maximum Gasteiger partial charge on any atom is 0.263 e. The standard InChI is InChI=1S/C22H24N4O2/c1-4-17-8-10-18(11-9-17)15(2)25-22(28)19(13-23)14-24-20-6-5-7-21(12-20)26-16(3)27/h5-12,14-15,24H,4H2,1-3H3,(H,25,28)(H,26,27)/b19-14-. The lowest BCUT2D eigenvalue weighted by Crippen LogP contribution is -2.28. The van der Waals surface area contributed by atoms with Crippen LogP contribution in [-0.2, 0) is 16.0 Å². The molecule has 2 aromatic rings. The fourth-order valence-corrected chi connectivity index (χ4v) is 2.59. The lowest BCUT2D eigenvalue weighted by Gasteiger charge is -2.14. The Labute approximate surface area is 165 Å². The number of nitriles is 1. The van der Waals surface area contributed by atoms with Crippen LogP contribution in [0.2, 0.25) is 0 Å². The van der Waals surface area contributed by atoms with Gasteiger partial charge in [-0.15, -0.1) is 0 Å². The first kappa shape index (κ1) is 20.7. The summed E-state index contributed by atoms with van der Waals surface area (Å²) in [5, 5.41) is 17.8. The molecule has 0 saturated heterocycles. The number of hydrogen-bond donors (Lipinski definition) is 3. The maximum absolute atomic E-state index is 12.4. The SMILES string of the molecule is CCc1ccc(C(C)NC(=O)/C(C#N)=C\Nc2cccc(NC(C)=O)c2)cc1. The molecular formula is C22H24N4O2. The van der Waals surface area contributed by atoms with Crippen molar-refractivity contribution in [2.45, 2.75) is 33.2 Å². The van der Waals surface area contributed by atoms with Crippen molar-refractivity contribution in [3.8, 4) is 6.07 Å². The minimum Gasteiger partial charge on any atom is -0.360 e. The zero-order valence-electron chi connectivity index (χ0n) is 16.2. The average molecular weight is 376 g/mol. The molecule has 144 valence electrons. The van der Waals surface area contributed by atoms with E-state index < -0.39 is 5.91 Å². The van der Waals surface area contributed by atoms with Crippen molar-refractivity contribution < 1.29 is 9.59 Å². The third kappa shape index (κ3) is 5.99. The van der Waals surface area contributed by atoms with Crippen molar-refractivity contribution in [3.63, 3.8) is 0 Å². The first-order chi connectivity index (χ1) is 13.4. The van der Waals surface area contributed by atoms with Crippen LogP contribution in [0.4, 0.5) is 11.4 Å². The molecule has 0 aliphatic heterocycles. The summed E-state index contributed by atoms with van der Waals surface area (Å²) in [5.74, 6) is -0.633. The van der Waals surface area contributed by atoms with Gasteiger partial charge in [0.1, 0.15) is 11.6 Å². The minimum atomic E-state index is -0.458. The predicted octanol–water partition coefficient (Wildman–Crippen LogP) is 3.90. The normalized spacial score (nSPS) is 11.9. The smallest absolute Gasteiger partial charge is 0.263 e. The van der Waals surface area contributed by atoms with Crippen molar-refractivity contribution in [2.24, 2.45) is 0 Å². The Balaban J connectivity index is 2.04. The Morgan fingerprint density at radius 3 is 2.43 bits per heavy atom. The van der Waals surface area contributed by atoms with Crippen molar-refractivity contribution >= 4 is 23.2 Å². The van der Waals surface area contributed by atoms with Gasteiger partial charge in [0.05, 0.1) is 6.04 Å². The van der Waals surface area contributed by atoms with Gasteiger partial charge in [0, 0.05) is 24.5 Å². The Hall–Kier alpha value is -3.59. The Morgan fingerprint density at radius 1 is 1.14 bits per heavy atom. The molecule has 1 atom stereocenters. The van der Waals surface area contributed by atoms with E-state index in [-0.39, 0.29) is 17.5 Å². The summed E-state index contributed by atoms with van der Waals surface area (Å²) in [4.78, 5) is 23.6. The minimum absolute atomic E-state index is 0.0399. The highest BCUT2D eigenvalue weighted by atomic mass is 16.2. The highest BCUT2D eigenvalue weighted by Gasteiger charge is 2.13. The first-order valence-electron chi connectivity index (χ1n) is 9.07. The van der Waals surface area contributed by atoms with Crippen LogP contribution in [-0.4, -0.2) is 11.8 Å². The van der Waals surface area contributed by atoms with E-state index in [0.29, 0.717) is 11.4 Å². The van der Waals surface area contributed by atoms with Gasteiger partial charge in [0.15, 0.2) is 0 Å². The number of aryl methyl sites for hydroxylation is 1. The molecule has 6 nitrogen and oxygen atoms in total. The van der Waals surface area contributed by atoms with Crippen LogP contribution in [0.5, 0.6) is 0 Å². The summed E-state index contributed by atoms with van der Waals surface area (Å²) in [7, 11) is 0. The third-order valence-corrected chi connectivity index (χ3v) is 4.17. The molecule has 2 aromatic carbocycles. The van der Waals surface area contributed by atoms with E-state index in [1.165, 1.54) is 18.7 Å². The molecule has 2 amide bonds. The van der Waals surface area contributed by atoms with Crippen molar-refractivity contribution in [2.75, 3.05) is 10.6 Å². The van der Waals surface area contributed by atoms with Gasteiger partial charge in [-0.2, -0.15) is 5.26 Å². The molecule has 6 heteroatoms. The molecule has 0 aliphatic carbocycles. The van der Waals surface area contributed by atoms with Crippen molar-refractivity contribution in [3.05, 3.63) is 71.4 Å². The van der Waals surface area contributed by atoms with E-state index in [2.05, 4.69) is 22.9 Å². The topological polar surface area (TPSA) is 94.0 Å². The van der Waals surface area contributed by atoms with E-state index in [9.17, 15) is 14.9 Å². The van der Waals surface area contributed by atoms with Gasteiger partial charge in [0.2, 0.25) is 5.91 Å². The number of carbonyl (C=O) groups excluding carboxylic acids is 2. The van der Waals surface area contributed by atoms with Crippen molar-refractivity contribution in [1.29, 1.82) is 5.26 Å². The molecule has 0 fully saturated rings. The van der Waals surface area contributed by atoms with Gasteiger partial charge in [-0.25, -0.2) is 0 Å². The molecule has 0 aliphatic rings. The molecule has 0 radical (unpaired) electrons. The van der Waals surface area contributed by atoms with Gasteiger partial charge in [-0.05, 0) is 42.7 Å². The number of amides is 2.